The second-order valence-electron chi connectivity index (χ2n) is 7.14. The first kappa shape index (κ1) is 25.2. The number of rotatable bonds is 10. The number of aromatic nitrogens is 2. The molecule has 35 heavy (non-hydrogen) atoms. The van der Waals surface area contributed by atoms with Crippen LogP contribution in [0.2, 0.25) is 0 Å². The average Bonchev–Trinajstić information content (AvgIpc) is 2.86. The van der Waals surface area contributed by atoms with Crippen molar-refractivity contribution in [3.63, 3.8) is 0 Å². The van der Waals surface area contributed by atoms with Crippen molar-refractivity contribution in [1.82, 2.24) is 9.97 Å². The smallest absolute Gasteiger partial charge is 0.196 e. The van der Waals surface area contributed by atoms with Crippen molar-refractivity contribution in [2.24, 2.45) is 0 Å². The van der Waals surface area contributed by atoms with E-state index in [1.54, 1.807) is 37.4 Å². The molecule has 0 spiro atoms. The third kappa shape index (κ3) is 6.55. The van der Waals surface area contributed by atoms with Gasteiger partial charge in [-0.05, 0) is 29.8 Å². The van der Waals surface area contributed by atoms with Gasteiger partial charge in [0.2, 0.25) is 0 Å². The van der Waals surface area contributed by atoms with Gasteiger partial charge in [0.05, 0.1) is 26.6 Å². The van der Waals surface area contributed by atoms with Gasteiger partial charge in [0.25, 0.3) is 0 Å². The zero-order chi connectivity index (χ0) is 25.4. The molecule has 3 aromatic rings. The van der Waals surface area contributed by atoms with Crippen LogP contribution in [0.3, 0.4) is 0 Å². The zero-order valence-electron chi connectivity index (χ0n) is 19.2. The van der Waals surface area contributed by atoms with E-state index in [9.17, 15) is 13.2 Å². The molecule has 0 unspecified atom stereocenters. The van der Waals surface area contributed by atoms with Crippen LogP contribution in [0.25, 0.3) is 0 Å². The summed E-state index contributed by atoms with van der Waals surface area (Å²) in [5.41, 5.74) is 0.946. The van der Waals surface area contributed by atoms with Gasteiger partial charge >= 0.3 is 0 Å². The van der Waals surface area contributed by atoms with Crippen LogP contribution in [0.15, 0.2) is 66.0 Å². The van der Waals surface area contributed by atoms with Crippen molar-refractivity contribution >= 4 is 21.4 Å². The number of hydrogen-bond acceptors (Lipinski definition) is 10. The molecule has 0 fully saturated rings. The van der Waals surface area contributed by atoms with Crippen molar-refractivity contribution in [2.45, 2.75) is 6.61 Å². The molecular formula is C24H22N4O6S. The molecule has 180 valence electrons. The van der Waals surface area contributed by atoms with Crippen LogP contribution in [-0.4, -0.2) is 44.6 Å². The van der Waals surface area contributed by atoms with Crippen LogP contribution in [-0.2, 0) is 16.4 Å². The summed E-state index contributed by atoms with van der Waals surface area (Å²) in [5.74, 6) is 0.506. The van der Waals surface area contributed by atoms with Gasteiger partial charge in [-0.1, -0.05) is 18.2 Å². The van der Waals surface area contributed by atoms with E-state index >= 15 is 0 Å². The summed E-state index contributed by atoms with van der Waals surface area (Å²) in [6.45, 7) is 0.152. The fourth-order valence-electron chi connectivity index (χ4n) is 2.93. The van der Waals surface area contributed by atoms with Gasteiger partial charge in [-0.15, -0.1) is 0 Å². The second kappa shape index (κ2) is 11.1. The number of ketones is 1. The molecule has 0 aliphatic rings. The SMILES string of the molecule is COc1ccc(COc2cccc(OC)c2C(=O)/C=C(\Nc2cnc(C#N)cn2)S(C)(=O)=O)cc1. The lowest BCUT2D eigenvalue weighted by Gasteiger charge is -2.14. The quantitative estimate of drug-likeness (QED) is 0.330. The van der Waals surface area contributed by atoms with E-state index in [1.165, 1.54) is 19.5 Å². The maximum atomic E-state index is 13.3. The lowest BCUT2D eigenvalue weighted by Crippen LogP contribution is -2.14. The largest absolute Gasteiger partial charge is 0.497 e. The molecule has 0 aliphatic heterocycles. The van der Waals surface area contributed by atoms with Gasteiger partial charge in [-0.3, -0.25) is 4.79 Å². The normalized spacial score (nSPS) is 11.3. The van der Waals surface area contributed by atoms with E-state index in [0.717, 1.165) is 17.9 Å². The highest BCUT2D eigenvalue weighted by Gasteiger charge is 2.21. The summed E-state index contributed by atoms with van der Waals surface area (Å²) in [6.07, 6.45) is 4.23. The Morgan fingerprint density at radius 3 is 2.34 bits per heavy atom. The summed E-state index contributed by atoms with van der Waals surface area (Å²) in [6, 6.07) is 13.9. The first-order valence-corrected chi connectivity index (χ1v) is 12.0. The standard InChI is InChI=1S/C24H22N4O6S/c1-32-18-9-7-16(8-10-18)15-34-21-6-4-5-20(33-2)24(21)19(29)11-23(35(3,30)31)28-22-14-26-17(12-25)13-27-22/h4-11,13-14H,15H2,1-3H3,(H,27,28)/b23-11+. The van der Waals surface area contributed by atoms with Crippen molar-refractivity contribution in [1.29, 1.82) is 5.26 Å². The van der Waals surface area contributed by atoms with E-state index in [0.29, 0.717) is 5.75 Å². The summed E-state index contributed by atoms with van der Waals surface area (Å²) in [5, 5.41) is 11.0. The Morgan fingerprint density at radius 1 is 1.06 bits per heavy atom. The summed E-state index contributed by atoms with van der Waals surface area (Å²) in [7, 11) is -0.909. The molecule has 0 saturated heterocycles. The number of nitriles is 1. The maximum Gasteiger partial charge on any atom is 0.196 e. The molecule has 1 aromatic heterocycles. The first-order valence-electron chi connectivity index (χ1n) is 10.1. The van der Waals surface area contributed by atoms with Crippen LogP contribution in [0.5, 0.6) is 17.2 Å². The average molecular weight is 495 g/mol. The molecule has 1 N–H and O–H groups in total. The number of ether oxygens (including phenoxy) is 3. The number of nitrogens with one attached hydrogen (secondary N) is 1. The number of sulfone groups is 1. The van der Waals surface area contributed by atoms with E-state index in [2.05, 4.69) is 15.3 Å². The van der Waals surface area contributed by atoms with E-state index in [4.69, 9.17) is 19.5 Å². The lowest BCUT2D eigenvalue weighted by atomic mass is 10.1. The van der Waals surface area contributed by atoms with Crippen LogP contribution in [0.1, 0.15) is 21.6 Å². The Bertz CT molecular complexity index is 1380. The van der Waals surface area contributed by atoms with Crippen LogP contribution >= 0.6 is 0 Å². The number of nitrogens with zero attached hydrogens (tertiary/aromatic N) is 3. The molecule has 0 bridgehead atoms. The molecule has 3 rings (SSSR count). The summed E-state index contributed by atoms with van der Waals surface area (Å²) < 4.78 is 41.1. The maximum absolute atomic E-state index is 13.3. The molecule has 10 nitrogen and oxygen atoms in total. The molecule has 0 saturated carbocycles. The Labute approximate surface area is 202 Å². The minimum absolute atomic E-state index is 0.0458. The topological polar surface area (TPSA) is 140 Å². The summed E-state index contributed by atoms with van der Waals surface area (Å²) in [4.78, 5) is 21.0. The van der Waals surface area contributed by atoms with Crippen molar-refractivity contribution < 1.29 is 27.4 Å². The monoisotopic (exact) mass is 494 g/mol. The third-order valence-electron chi connectivity index (χ3n) is 4.69. The number of carbonyl (C=O) groups excluding carboxylic acids is 1. The van der Waals surface area contributed by atoms with Gasteiger partial charge in [0, 0.05) is 12.3 Å². The van der Waals surface area contributed by atoms with Crippen LogP contribution in [0.4, 0.5) is 5.82 Å². The Kier molecular flexibility index (Phi) is 8.01. The number of benzene rings is 2. The first-order chi connectivity index (χ1) is 16.7. The van der Waals surface area contributed by atoms with E-state index in [1.807, 2.05) is 18.2 Å². The highest BCUT2D eigenvalue weighted by molar-refractivity contribution is 7.94. The Hall–Kier alpha value is -4.43. The minimum atomic E-state index is -3.87. The third-order valence-corrected chi connectivity index (χ3v) is 5.71. The number of methoxy groups -OCH3 is 2. The Balaban J connectivity index is 1.92. The molecule has 11 heteroatoms. The predicted octanol–water partition coefficient (Wildman–Crippen LogP) is 3.13. The Morgan fingerprint density at radius 2 is 1.77 bits per heavy atom. The highest BCUT2D eigenvalue weighted by atomic mass is 32.2. The van der Waals surface area contributed by atoms with Gasteiger partial charge in [-0.2, -0.15) is 5.26 Å². The fraction of sp³-hybridized carbons (Fsp3) is 0.167. The zero-order valence-corrected chi connectivity index (χ0v) is 20.0. The van der Waals surface area contributed by atoms with Gasteiger partial charge in [0.1, 0.15) is 46.3 Å². The van der Waals surface area contributed by atoms with Gasteiger partial charge < -0.3 is 19.5 Å². The molecule has 0 radical (unpaired) electrons. The van der Waals surface area contributed by atoms with Crippen molar-refractivity contribution in [3.8, 4) is 23.3 Å². The van der Waals surface area contributed by atoms with Crippen molar-refractivity contribution in [2.75, 3.05) is 25.8 Å². The van der Waals surface area contributed by atoms with E-state index < -0.39 is 20.6 Å². The molecule has 0 amide bonds. The van der Waals surface area contributed by atoms with Crippen molar-refractivity contribution in [3.05, 3.63) is 82.8 Å². The summed E-state index contributed by atoms with van der Waals surface area (Å²) >= 11 is 0. The molecule has 1 heterocycles. The van der Waals surface area contributed by atoms with Crippen LogP contribution in [0, 0.1) is 11.3 Å². The molecule has 0 aliphatic carbocycles. The van der Waals surface area contributed by atoms with Gasteiger partial charge in [0.15, 0.2) is 21.3 Å². The van der Waals surface area contributed by atoms with E-state index in [-0.39, 0.29) is 35.2 Å². The molecule has 2 aromatic carbocycles. The predicted molar refractivity (Wildman–Crippen MR) is 128 cm³/mol. The number of anilines is 1. The van der Waals surface area contributed by atoms with Crippen LogP contribution < -0.4 is 19.5 Å². The lowest BCUT2D eigenvalue weighted by molar-refractivity contribution is 0.103. The van der Waals surface area contributed by atoms with Gasteiger partial charge in [-0.25, -0.2) is 18.4 Å². The number of hydrogen-bond donors (Lipinski definition) is 1. The minimum Gasteiger partial charge on any atom is -0.497 e. The number of allylic oxidation sites excluding steroid dienone is 1. The fourth-order valence-corrected chi connectivity index (χ4v) is 3.54. The second-order valence-corrected chi connectivity index (χ2v) is 9.12. The molecular weight excluding hydrogens is 472 g/mol. The molecule has 0 atom stereocenters. The highest BCUT2D eigenvalue weighted by Crippen LogP contribution is 2.30. The number of carbonyl (C=O) groups is 1.